The van der Waals surface area contributed by atoms with E-state index in [1.54, 1.807) is 0 Å². The molecule has 1 atom stereocenters. The van der Waals surface area contributed by atoms with E-state index in [0.29, 0.717) is 11.0 Å². The van der Waals surface area contributed by atoms with Gasteiger partial charge < -0.3 is 10.6 Å². The van der Waals surface area contributed by atoms with Crippen molar-refractivity contribution in [2.24, 2.45) is 5.73 Å². The molecule has 0 spiro atoms. The molecule has 2 N–H and O–H groups in total. The molecule has 0 radical (unpaired) electrons. The molecule has 0 bridgehead atoms. The summed E-state index contributed by atoms with van der Waals surface area (Å²) in [5, 5.41) is 0. The summed E-state index contributed by atoms with van der Waals surface area (Å²) < 4.78 is 0. The van der Waals surface area contributed by atoms with Crippen LogP contribution in [-0.4, -0.2) is 17.6 Å². The van der Waals surface area contributed by atoms with Crippen LogP contribution in [0.25, 0.3) is 0 Å². The van der Waals surface area contributed by atoms with Crippen molar-refractivity contribution in [3.05, 3.63) is 29.8 Å². The molecule has 2 nitrogen and oxygen atoms in total. The van der Waals surface area contributed by atoms with E-state index in [-0.39, 0.29) is 0 Å². The van der Waals surface area contributed by atoms with Crippen LogP contribution in [0.4, 0.5) is 5.69 Å². The van der Waals surface area contributed by atoms with Crippen molar-refractivity contribution >= 4 is 22.9 Å². The van der Waals surface area contributed by atoms with Gasteiger partial charge >= 0.3 is 0 Å². The quantitative estimate of drug-likeness (QED) is 0.834. The summed E-state index contributed by atoms with van der Waals surface area (Å²) in [4.78, 5) is 3.07. The summed E-state index contributed by atoms with van der Waals surface area (Å²) in [7, 11) is 0. The lowest BCUT2D eigenvalue weighted by Crippen LogP contribution is -2.36. The van der Waals surface area contributed by atoms with Gasteiger partial charge in [0, 0.05) is 24.7 Å². The van der Waals surface area contributed by atoms with Gasteiger partial charge in [-0.15, -0.1) is 0 Å². The molecule has 1 heterocycles. The number of anilines is 1. The van der Waals surface area contributed by atoms with Gasteiger partial charge in [-0.1, -0.05) is 30.4 Å². The molecule has 1 aliphatic heterocycles. The number of nitrogens with two attached hydrogens (primary N) is 1. The normalized spacial score (nSPS) is 17.1. The fraction of sp³-hybridized carbons (Fsp3) is 0.500. The van der Waals surface area contributed by atoms with E-state index in [0.717, 1.165) is 13.0 Å². The van der Waals surface area contributed by atoms with Crippen molar-refractivity contribution in [3.63, 3.8) is 0 Å². The third kappa shape index (κ3) is 2.97. The zero-order chi connectivity index (χ0) is 12.3. The van der Waals surface area contributed by atoms with Crippen LogP contribution in [0.3, 0.4) is 0 Å². The number of aryl methyl sites for hydroxylation is 1. The molecule has 1 unspecified atom stereocenters. The fourth-order valence-corrected chi connectivity index (χ4v) is 2.82. The maximum Gasteiger partial charge on any atom is 0.0747 e. The number of para-hydroxylation sites is 1. The van der Waals surface area contributed by atoms with E-state index >= 15 is 0 Å². The smallest absolute Gasteiger partial charge is 0.0747 e. The predicted octanol–water partition coefficient (Wildman–Crippen LogP) is 2.89. The van der Waals surface area contributed by atoms with Gasteiger partial charge in [0.05, 0.1) is 4.99 Å². The lowest BCUT2D eigenvalue weighted by molar-refractivity contribution is 0.631. The SMILES string of the molecule is CC(CC(N)=S)N1CCCCc2ccccc21. The van der Waals surface area contributed by atoms with Gasteiger partial charge in [0.15, 0.2) is 0 Å². The fourth-order valence-electron chi connectivity index (χ4n) is 2.58. The van der Waals surface area contributed by atoms with Crippen molar-refractivity contribution in [2.75, 3.05) is 11.4 Å². The number of rotatable bonds is 3. The number of thiocarbonyl (C=S) groups is 1. The Kier molecular flexibility index (Phi) is 4.00. The largest absolute Gasteiger partial charge is 0.393 e. The molecule has 1 aromatic rings. The minimum atomic E-state index is 0.395. The Morgan fingerprint density at radius 2 is 2.18 bits per heavy atom. The van der Waals surface area contributed by atoms with Gasteiger partial charge in [0.25, 0.3) is 0 Å². The Morgan fingerprint density at radius 3 is 2.94 bits per heavy atom. The third-order valence-corrected chi connectivity index (χ3v) is 3.59. The second kappa shape index (κ2) is 5.50. The molecular weight excluding hydrogens is 228 g/mol. The molecule has 1 aromatic carbocycles. The van der Waals surface area contributed by atoms with E-state index < -0.39 is 0 Å². The van der Waals surface area contributed by atoms with E-state index in [9.17, 15) is 0 Å². The summed E-state index contributed by atoms with van der Waals surface area (Å²) in [6.07, 6.45) is 4.50. The molecular formula is C14H20N2S. The minimum absolute atomic E-state index is 0.395. The Labute approximate surface area is 109 Å². The zero-order valence-electron chi connectivity index (χ0n) is 10.4. The average molecular weight is 248 g/mol. The van der Waals surface area contributed by atoms with Crippen LogP contribution in [0.15, 0.2) is 24.3 Å². The van der Waals surface area contributed by atoms with E-state index in [2.05, 4.69) is 36.1 Å². The molecule has 0 amide bonds. The highest BCUT2D eigenvalue weighted by molar-refractivity contribution is 7.80. The second-order valence-corrected chi connectivity index (χ2v) is 5.32. The third-order valence-electron chi connectivity index (χ3n) is 3.42. The maximum absolute atomic E-state index is 5.66. The number of fused-ring (bicyclic) bond motifs is 1. The molecule has 0 fully saturated rings. The number of benzene rings is 1. The predicted molar refractivity (Wildman–Crippen MR) is 77.6 cm³/mol. The van der Waals surface area contributed by atoms with E-state index in [1.165, 1.54) is 30.5 Å². The maximum atomic E-state index is 5.66. The van der Waals surface area contributed by atoms with Crippen molar-refractivity contribution < 1.29 is 0 Å². The first kappa shape index (κ1) is 12.4. The van der Waals surface area contributed by atoms with E-state index in [1.807, 2.05) is 0 Å². The van der Waals surface area contributed by atoms with Gasteiger partial charge in [0.1, 0.15) is 0 Å². The molecule has 2 rings (SSSR count). The van der Waals surface area contributed by atoms with Gasteiger partial charge in [0.2, 0.25) is 0 Å². The van der Waals surface area contributed by atoms with Crippen LogP contribution in [0.5, 0.6) is 0 Å². The molecule has 1 aliphatic rings. The Bertz CT molecular complexity index is 403. The van der Waals surface area contributed by atoms with Crippen molar-refractivity contribution in [1.82, 2.24) is 0 Å². The zero-order valence-corrected chi connectivity index (χ0v) is 11.2. The molecule has 92 valence electrons. The summed E-state index contributed by atoms with van der Waals surface area (Å²) in [5.41, 5.74) is 8.49. The Hall–Kier alpha value is -1.09. The average Bonchev–Trinajstić information content (AvgIpc) is 2.50. The molecule has 0 aliphatic carbocycles. The lowest BCUT2D eigenvalue weighted by Gasteiger charge is -2.31. The molecule has 0 saturated heterocycles. The van der Waals surface area contributed by atoms with Crippen LogP contribution in [0.1, 0.15) is 31.7 Å². The van der Waals surface area contributed by atoms with Gasteiger partial charge in [-0.05, 0) is 37.8 Å². The summed E-state index contributed by atoms with van der Waals surface area (Å²) >= 11 is 5.02. The summed E-state index contributed by atoms with van der Waals surface area (Å²) in [6, 6.07) is 9.09. The minimum Gasteiger partial charge on any atom is -0.393 e. The van der Waals surface area contributed by atoms with Crippen molar-refractivity contribution in [2.45, 2.75) is 38.6 Å². The second-order valence-electron chi connectivity index (χ2n) is 4.80. The first-order chi connectivity index (χ1) is 8.18. The van der Waals surface area contributed by atoms with Gasteiger partial charge in [-0.3, -0.25) is 0 Å². The van der Waals surface area contributed by atoms with Gasteiger partial charge in [-0.2, -0.15) is 0 Å². The van der Waals surface area contributed by atoms with Crippen LogP contribution in [0.2, 0.25) is 0 Å². The van der Waals surface area contributed by atoms with Gasteiger partial charge in [-0.25, -0.2) is 0 Å². The molecule has 0 aromatic heterocycles. The first-order valence-corrected chi connectivity index (χ1v) is 6.72. The van der Waals surface area contributed by atoms with Crippen LogP contribution in [-0.2, 0) is 6.42 Å². The van der Waals surface area contributed by atoms with Crippen LogP contribution >= 0.6 is 12.2 Å². The monoisotopic (exact) mass is 248 g/mol. The highest BCUT2D eigenvalue weighted by Gasteiger charge is 2.19. The molecule has 17 heavy (non-hydrogen) atoms. The Balaban J connectivity index is 2.25. The number of hydrogen-bond donors (Lipinski definition) is 1. The van der Waals surface area contributed by atoms with E-state index in [4.69, 9.17) is 18.0 Å². The lowest BCUT2D eigenvalue weighted by atomic mass is 10.1. The van der Waals surface area contributed by atoms with Crippen molar-refractivity contribution in [3.8, 4) is 0 Å². The first-order valence-electron chi connectivity index (χ1n) is 6.31. The summed E-state index contributed by atoms with van der Waals surface area (Å²) in [5.74, 6) is 0. The molecule has 3 heteroatoms. The highest BCUT2D eigenvalue weighted by atomic mass is 32.1. The van der Waals surface area contributed by atoms with Crippen molar-refractivity contribution in [1.29, 1.82) is 0 Å². The van der Waals surface area contributed by atoms with Crippen LogP contribution in [0, 0.1) is 0 Å². The Morgan fingerprint density at radius 1 is 1.41 bits per heavy atom. The summed E-state index contributed by atoms with van der Waals surface area (Å²) in [6.45, 7) is 3.32. The topological polar surface area (TPSA) is 29.3 Å². The van der Waals surface area contributed by atoms with Crippen LogP contribution < -0.4 is 10.6 Å². The number of hydrogen-bond acceptors (Lipinski definition) is 2. The number of nitrogens with zero attached hydrogens (tertiary/aromatic N) is 1. The standard InChI is InChI=1S/C14H20N2S/c1-11(10-14(15)17)16-9-5-4-7-12-6-2-3-8-13(12)16/h2-3,6,8,11H,4-5,7,9-10H2,1H3,(H2,15,17). The highest BCUT2D eigenvalue weighted by Crippen LogP contribution is 2.28. The molecule has 0 saturated carbocycles.